The minimum Gasteiger partial charge on any atom is -0.496 e. The van der Waals surface area contributed by atoms with E-state index in [0.29, 0.717) is 9.23 Å². The molecule has 36 heavy (non-hydrogen) atoms. The van der Waals surface area contributed by atoms with Gasteiger partial charge in [-0.2, -0.15) is 0 Å². The molecule has 5 fully saturated rings. The van der Waals surface area contributed by atoms with Gasteiger partial charge >= 0.3 is 0 Å². The highest BCUT2D eigenvalue weighted by atomic mass is 32.2. The van der Waals surface area contributed by atoms with Crippen LogP contribution in [0.4, 0.5) is 5.69 Å². The Balaban J connectivity index is 1.37. The number of thiocarbonyl (C=S) groups is 1. The number of methoxy groups -OCH3 is 1. The van der Waals surface area contributed by atoms with Gasteiger partial charge in [-0.05, 0) is 96.4 Å². The van der Waals surface area contributed by atoms with Crippen molar-refractivity contribution < 1.29 is 9.53 Å². The number of thioether (sulfide) groups is 1. The highest BCUT2D eigenvalue weighted by molar-refractivity contribution is 8.27. The van der Waals surface area contributed by atoms with Crippen molar-refractivity contribution in [3.8, 4) is 16.9 Å². The molecule has 8 rings (SSSR count). The molecule has 0 radical (unpaired) electrons. The zero-order chi connectivity index (χ0) is 24.6. The molecular weight excluding hydrogens is 482 g/mol. The second-order valence-electron chi connectivity index (χ2n) is 11.2. The normalized spacial score (nSPS) is 29.0. The quantitative estimate of drug-likeness (QED) is 0.263. The molecule has 0 atom stereocenters. The molecule has 0 unspecified atom stereocenters. The van der Waals surface area contributed by atoms with E-state index in [1.165, 1.54) is 67.0 Å². The lowest BCUT2D eigenvalue weighted by atomic mass is 9.48. The van der Waals surface area contributed by atoms with Gasteiger partial charge in [-0.1, -0.05) is 67.0 Å². The molecule has 3 aromatic carbocycles. The van der Waals surface area contributed by atoms with E-state index in [9.17, 15) is 4.79 Å². The fraction of sp³-hybridized carbons (Fsp3) is 0.355. The first-order valence-electron chi connectivity index (χ1n) is 12.9. The first-order valence-corrected chi connectivity index (χ1v) is 14.1. The fourth-order valence-electron chi connectivity index (χ4n) is 8.08. The summed E-state index contributed by atoms with van der Waals surface area (Å²) in [4.78, 5) is 14.9. The predicted octanol–water partition coefficient (Wildman–Crippen LogP) is 7.86. The molecule has 0 spiro atoms. The Morgan fingerprint density at radius 2 is 1.64 bits per heavy atom. The number of carbonyl (C=O) groups excluding carboxylic acids is 1. The number of carbonyl (C=O) groups is 1. The van der Waals surface area contributed by atoms with Crippen molar-refractivity contribution in [2.24, 2.45) is 17.8 Å². The van der Waals surface area contributed by atoms with E-state index < -0.39 is 0 Å². The number of anilines is 1. The van der Waals surface area contributed by atoms with Crippen LogP contribution in [0.25, 0.3) is 21.9 Å². The predicted molar refractivity (Wildman–Crippen MR) is 153 cm³/mol. The number of hydrogen-bond donors (Lipinski definition) is 0. The van der Waals surface area contributed by atoms with Crippen LogP contribution in [0.3, 0.4) is 0 Å². The van der Waals surface area contributed by atoms with Crippen molar-refractivity contribution in [1.82, 2.24) is 0 Å². The van der Waals surface area contributed by atoms with Crippen LogP contribution >= 0.6 is 24.0 Å². The lowest BCUT2D eigenvalue weighted by Crippen LogP contribution is -2.48. The molecule has 4 bridgehead atoms. The van der Waals surface area contributed by atoms with Crippen LogP contribution in [0.2, 0.25) is 0 Å². The molecular formula is C31H29NO2S2. The first-order chi connectivity index (χ1) is 17.5. The lowest BCUT2D eigenvalue weighted by molar-refractivity contribution is -0.113. The minimum atomic E-state index is -0.128. The summed E-state index contributed by atoms with van der Waals surface area (Å²) in [5.41, 5.74) is 4.85. The van der Waals surface area contributed by atoms with Crippen LogP contribution in [0.15, 0.2) is 66.1 Å². The van der Waals surface area contributed by atoms with E-state index in [0.717, 1.165) is 40.0 Å². The Kier molecular flexibility index (Phi) is 5.13. The topological polar surface area (TPSA) is 29.5 Å². The Morgan fingerprint density at radius 3 is 2.28 bits per heavy atom. The molecule has 1 aliphatic heterocycles. The van der Waals surface area contributed by atoms with Crippen LogP contribution in [0.5, 0.6) is 5.75 Å². The summed E-state index contributed by atoms with van der Waals surface area (Å²) in [5.74, 6) is 3.53. The summed E-state index contributed by atoms with van der Waals surface area (Å²) >= 11 is 6.80. The Hall–Kier alpha value is -2.63. The van der Waals surface area contributed by atoms with Crippen molar-refractivity contribution in [3.05, 3.63) is 71.6 Å². The average molecular weight is 512 g/mol. The number of benzene rings is 3. The largest absolute Gasteiger partial charge is 0.496 e. The summed E-state index contributed by atoms with van der Waals surface area (Å²) in [6.45, 7) is 3.88. The highest BCUT2D eigenvalue weighted by Crippen LogP contribution is 2.62. The molecule has 1 amide bonds. The standard InChI is InChI=1S/C31H29NO2S2/c1-18-29(33)32(30(35)36-18)27-8-4-6-24-23(5-3-7-25(24)27)22-9-10-28(34-2)26(14-22)31-15-19-11-20(16-31)13-21(12-19)17-31/h3-10,14,19-21H,1,11-13,15-17H2,2H3. The van der Waals surface area contributed by atoms with Crippen molar-refractivity contribution in [1.29, 1.82) is 0 Å². The van der Waals surface area contributed by atoms with Gasteiger partial charge in [0.2, 0.25) is 0 Å². The molecule has 1 saturated heterocycles. The molecule has 3 nitrogen and oxygen atoms in total. The first kappa shape index (κ1) is 22.6. The van der Waals surface area contributed by atoms with E-state index >= 15 is 0 Å². The molecule has 5 aliphatic rings. The van der Waals surface area contributed by atoms with Gasteiger partial charge in [0.05, 0.1) is 17.7 Å². The maximum absolute atomic E-state index is 12.8. The maximum atomic E-state index is 12.8. The third-order valence-corrected chi connectivity index (χ3v) is 10.3. The molecule has 0 N–H and O–H groups in total. The summed E-state index contributed by atoms with van der Waals surface area (Å²) in [5, 5.41) is 2.14. The van der Waals surface area contributed by atoms with Gasteiger partial charge in [-0.3, -0.25) is 9.69 Å². The average Bonchev–Trinajstić information content (AvgIpc) is 3.12. The molecule has 4 aliphatic carbocycles. The molecule has 3 aromatic rings. The Bertz CT molecular complexity index is 1420. The van der Waals surface area contributed by atoms with E-state index in [-0.39, 0.29) is 11.3 Å². The van der Waals surface area contributed by atoms with Crippen molar-refractivity contribution in [3.63, 3.8) is 0 Å². The van der Waals surface area contributed by atoms with E-state index in [2.05, 4.69) is 49.0 Å². The summed E-state index contributed by atoms with van der Waals surface area (Å²) < 4.78 is 6.50. The third-order valence-electron chi connectivity index (χ3n) is 9.09. The van der Waals surface area contributed by atoms with E-state index in [1.54, 1.807) is 4.90 Å². The molecule has 182 valence electrons. The molecule has 5 heteroatoms. The smallest absolute Gasteiger partial charge is 0.270 e. The van der Waals surface area contributed by atoms with Gasteiger partial charge in [0.1, 0.15) is 5.75 Å². The Morgan fingerprint density at radius 1 is 0.972 bits per heavy atom. The summed E-state index contributed by atoms with van der Waals surface area (Å²) in [6.07, 6.45) is 8.18. The van der Waals surface area contributed by atoms with Crippen LogP contribution in [-0.4, -0.2) is 17.3 Å². The number of ether oxygens (including phenoxy) is 1. The maximum Gasteiger partial charge on any atom is 0.270 e. The second-order valence-corrected chi connectivity index (χ2v) is 13.0. The van der Waals surface area contributed by atoms with Crippen LogP contribution in [-0.2, 0) is 10.2 Å². The zero-order valence-corrected chi connectivity index (χ0v) is 22.1. The molecule has 4 saturated carbocycles. The van der Waals surface area contributed by atoms with Gasteiger partial charge < -0.3 is 4.74 Å². The van der Waals surface area contributed by atoms with Crippen LogP contribution in [0.1, 0.15) is 44.1 Å². The summed E-state index contributed by atoms with van der Waals surface area (Å²) in [7, 11) is 1.81. The molecule has 0 aromatic heterocycles. The van der Waals surface area contributed by atoms with Crippen molar-refractivity contribution in [2.45, 2.75) is 43.9 Å². The van der Waals surface area contributed by atoms with Gasteiger partial charge in [-0.15, -0.1) is 0 Å². The number of rotatable bonds is 4. The second kappa shape index (κ2) is 8.19. The number of nitrogens with zero attached hydrogens (tertiary/aromatic N) is 1. The van der Waals surface area contributed by atoms with E-state index in [4.69, 9.17) is 17.0 Å². The van der Waals surface area contributed by atoms with Gasteiger partial charge in [0, 0.05) is 10.9 Å². The number of hydrogen-bond acceptors (Lipinski definition) is 4. The fourth-order valence-corrected chi connectivity index (χ4v) is 9.23. The van der Waals surface area contributed by atoms with Crippen LogP contribution in [0, 0.1) is 17.8 Å². The van der Waals surface area contributed by atoms with Gasteiger partial charge in [0.15, 0.2) is 4.32 Å². The third kappa shape index (κ3) is 3.32. The monoisotopic (exact) mass is 511 g/mol. The van der Waals surface area contributed by atoms with Crippen molar-refractivity contribution >= 4 is 50.7 Å². The van der Waals surface area contributed by atoms with Gasteiger partial charge in [0.25, 0.3) is 5.91 Å². The zero-order valence-electron chi connectivity index (χ0n) is 20.5. The van der Waals surface area contributed by atoms with Crippen LogP contribution < -0.4 is 9.64 Å². The van der Waals surface area contributed by atoms with Crippen molar-refractivity contribution in [2.75, 3.05) is 12.0 Å². The SMILES string of the molecule is C=C1SC(=S)N(c2cccc3c(-c4ccc(OC)c(C56CC7CC(CC(C7)C5)C6)c4)cccc23)C1=O. The lowest BCUT2D eigenvalue weighted by Gasteiger charge is -2.57. The minimum absolute atomic E-state index is 0.128. The summed E-state index contributed by atoms with van der Waals surface area (Å²) in [6, 6.07) is 19.3. The molecule has 1 heterocycles. The Labute approximate surface area is 221 Å². The number of amides is 1. The number of fused-ring (bicyclic) bond motifs is 1. The van der Waals surface area contributed by atoms with E-state index in [1.807, 2.05) is 19.2 Å². The van der Waals surface area contributed by atoms with Gasteiger partial charge in [-0.25, -0.2) is 0 Å². The highest BCUT2D eigenvalue weighted by Gasteiger charge is 2.52.